The number of rotatable bonds is 8. The van der Waals surface area contributed by atoms with Crippen molar-refractivity contribution in [1.82, 2.24) is 5.32 Å². The Kier molecular flexibility index (Phi) is 7.30. The molecule has 2 atom stereocenters. The molecule has 0 unspecified atom stereocenters. The van der Waals surface area contributed by atoms with Gasteiger partial charge in [0.1, 0.15) is 18.4 Å². The lowest BCUT2D eigenvalue weighted by Crippen LogP contribution is -2.51. The van der Waals surface area contributed by atoms with Crippen LogP contribution < -0.4 is 14.4 Å². The van der Waals surface area contributed by atoms with E-state index in [-0.39, 0.29) is 18.6 Å². The quantitative estimate of drug-likeness (QED) is 0.713. The number of aryl methyl sites for hydroxylation is 3. The minimum Gasteiger partial charge on any atom is -0.491 e. The molecule has 6 nitrogen and oxygen atoms in total. The zero-order valence-corrected chi connectivity index (χ0v) is 18.7. The highest BCUT2D eigenvalue weighted by Crippen LogP contribution is 2.26. The summed E-state index contributed by atoms with van der Waals surface area (Å²) in [4.78, 5) is 12.8. The molecule has 0 radical (unpaired) electrons. The van der Waals surface area contributed by atoms with E-state index in [9.17, 15) is 13.2 Å². The zero-order chi connectivity index (χ0) is 21.8. The van der Waals surface area contributed by atoms with Gasteiger partial charge in [-0.1, -0.05) is 29.8 Å². The number of anilines is 1. The van der Waals surface area contributed by atoms with E-state index in [4.69, 9.17) is 4.74 Å². The summed E-state index contributed by atoms with van der Waals surface area (Å²) >= 11 is 0. The molecule has 0 bridgehead atoms. The third-order valence-corrected chi connectivity index (χ3v) is 5.83. The molecule has 0 aromatic heterocycles. The number of carbonyl (C=O) groups excluding carboxylic acids is 1. The highest BCUT2D eigenvalue weighted by atomic mass is 32.2. The number of benzene rings is 2. The van der Waals surface area contributed by atoms with Crippen LogP contribution in [0.2, 0.25) is 0 Å². The van der Waals surface area contributed by atoms with Crippen molar-refractivity contribution in [2.45, 2.75) is 46.7 Å². The van der Waals surface area contributed by atoms with Crippen molar-refractivity contribution >= 4 is 21.6 Å². The molecule has 0 heterocycles. The summed E-state index contributed by atoms with van der Waals surface area (Å²) in [6.07, 6.45) is 1.11. The first-order valence-electron chi connectivity index (χ1n) is 9.55. The van der Waals surface area contributed by atoms with Gasteiger partial charge in [-0.05, 0) is 63.9 Å². The van der Waals surface area contributed by atoms with Gasteiger partial charge in [-0.25, -0.2) is 8.42 Å². The molecule has 0 aliphatic carbocycles. The van der Waals surface area contributed by atoms with Gasteiger partial charge in [0.15, 0.2) is 0 Å². The van der Waals surface area contributed by atoms with E-state index in [1.165, 1.54) is 4.31 Å². The number of amides is 1. The highest BCUT2D eigenvalue weighted by molar-refractivity contribution is 7.92. The fourth-order valence-corrected chi connectivity index (χ4v) is 4.22. The molecule has 0 fully saturated rings. The predicted molar refractivity (Wildman–Crippen MR) is 117 cm³/mol. The van der Waals surface area contributed by atoms with Crippen LogP contribution in [0.25, 0.3) is 0 Å². The van der Waals surface area contributed by atoms with Crippen molar-refractivity contribution in [3.8, 4) is 5.75 Å². The number of nitrogens with zero attached hydrogens (tertiary/aromatic N) is 1. The van der Waals surface area contributed by atoms with Gasteiger partial charge in [-0.3, -0.25) is 9.10 Å². The van der Waals surface area contributed by atoms with Crippen LogP contribution in [0.4, 0.5) is 5.69 Å². The Morgan fingerprint density at radius 2 is 1.62 bits per heavy atom. The predicted octanol–water partition coefficient (Wildman–Crippen LogP) is 3.35. The molecule has 1 N–H and O–H groups in total. The molecule has 2 aromatic carbocycles. The fourth-order valence-electron chi connectivity index (χ4n) is 3.00. The maximum atomic E-state index is 12.8. The maximum Gasteiger partial charge on any atom is 0.243 e. The molecule has 0 aliphatic rings. The Balaban J connectivity index is 2.10. The van der Waals surface area contributed by atoms with Crippen LogP contribution in [-0.2, 0) is 14.8 Å². The minimum absolute atomic E-state index is 0.282. The second-order valence-electron chi connectivity index (χ2n) is 7.56. The van der Waals surface area contributed by atoms with Gasteiger partial charge in [0.25, 0.3) is 0 Å². The average molecular weight is 419 g/mol. The minimum atomic E-state index is -3.66. The van der Waals surface area contributed by atoms with Gasteiger partial charge in [-0.2, -0.15) is 0 Å². The van der Waals surface area contributed by atoms with Gasteiger partial charge >= 0.3 is 0 Å². The van der Waals surface area contributed by atoms with E-state index >= 15 is 0 Å². The molecule has 2 rings (SSSR count). The lowest BCUT2D eigenvalue weighted by Gasteiger charge is -2.30. The Morgan fingerprint density at radius 1 is 1.03 bits per heavy atom. The van der Waals surface area contributed by atoms with Crippen LogP contribution in [0.15, 0.2) is 42.5 Å². The second kappa shape index (κ2) is 9.31. The van der Waals surface area contributed by atoms with Gasteiger partial charge < -0.3 is 10.1 Å². The fraction of sp³-hybridized carbons (Fsp3) is 0.409. The first kappa shape index (κ1) is 22.7. The van der Waals surface area contributed by atoms with Crippen molar-refractivity contribution in [2.75, 3.05) is 17.2 Å². The van der Waals surface area contributed by atoms with Crippen LogP contribution in [0.5, 0.6) is 5.75 Å². The molecule has 2 aromatic rings. The van der Waals surface area contributed by atoms with Gasteiger partial charge in [0.2, 0.25) is 15.9 Å². The number of carbonyl (C=O) groups is 1. The van der Waals surface area contributed by atoms with E-state index in [1.54, 1.807) is 13.0 Å². The summed E-state index contributed by atoms with van der Waals surface area (Å²) in [5.74, 6) is 0.342. The number of hydrogen-bond donors (Lipinski definition) is 1. The van der Waals surface area contributed by atoms with E-state index in [0.29, 0.717) is 5.69 Å². The lowest BCUT2D eigenvalue weighted by molar-refractivity contribution is -0.122. The Bertz CT molecular complexity index is 955. The number of sulfonamides is 1. The summed E-state index contributed by atoms with van der Waals surface area (Å²) < 4.78 is 31.9. The van der Waals surface area contributed by atoms with E-state index < -0.39 is 16.1 Å². The van der Waals surface area contributed by atoms with Crippen LogP contribution in [-0.4, -0.2) is 39.3 Å². The molecular formula is C22H30N2O4S. The number of nitrogens with one attached hydrogen (secondary N) is 1. The highest BCUT2D eigenvalue weighted by Gasteiger charge is 2.30. The first-order valence-corrected chi connectivity index (χ1v) is 11.4. The summed E-state index contributed by atoms with van der Waals surface area (Å²) in [5, 5.41) is 2.85. The van der Waals surface area contributed by atoms with Gasteiger partial charge in [0.05, 0.1) is 18.0 Å². The summed E-state index contributed by atoms with van der Waals surface area (Å²) in [6, 6.07) is 12.0. The third-order valence-electron chi connectivity index (χ3n) is 4.60. The van der Waals surface area contributed by atoms with Crippen LogP contribution >= 0.6 is 0 Å². The van der Waals surface area contributed by atoms with E-state index in [1.807, 2.05) is 64.1 Å². The molecule has 29 heavy (non-hydrogen) atoms. The largest absolute Gasteiger partial charge is 0.491 e. The Morgan fingerprint density at radius 3 is 2.21 bits per heavy atom. The summed E-state index contributed by atoms with van der Waals surface area (Å²) in [7, 11) is -3.66. The molecular weight excluding hydrogens is 388 g/mol. The molecule has 0 saturated heterocycles. The van der Waals surface area contributed by atoms with E-state index in [2.05, 4.69) is 5.32 Å². The molecule has 158 valence electrons. The molecule has 1 amide bonds. The molecule has 7 heteroatoms. The van der Waals surface area contributed by atoms with Gasteiger partial charge in [0, 0.05) is 0 Å². The lowest BCUT2D eigenvalue weighted by atomic mass is 10.1. The third kappa shape index (κ3) is 6.22. The zero-order valence-electron chi connectivity index (χ0n) is 17.9. The second-order valence-corrected chi connectivity index (χ2v) is 9.42. The van der Waals surface area contributed by atoms with E-state index in [0.717, 1.165) is 28.7 Å². The molecule has 0 aliphatic heterocycles. The number of ether oxygens (including phenoxy) is 1. The Labute approximate surface area is 173 Å². The molecule has 0 saturated carbocycles. The topological polar surface area (TPSA) is 75.7 Å². The molecule has 0 spiro atoms. The normalized spacial score (nSPS) is 13.4. The van der Waals surface area contributed by atoms with Crippen LogP contribution in [0, 0.1) is 20.8 Å². The van der Waals surface area contributed by atoms with Crippen molar-refractivity contribution in [3.05, 3.63) is 59.2 Å². The number of hydrogen-bond acceptors (Lipinski definition) is 4. The van der Waals surface area contributed by atoms with Crippen molar-refractivity contribution in [1.29, 1.82) is 0 Å². The van der Waals surface area contributed by atoms with Gasteiger partial charge in [-0.15, -0.1) is 0 Å². The average Bonchev–Trinajstić information content (AvgIpc) is 2.63. The van der Waals surface area contributed by atoms with Crippen molar-refractivity contribution < 1.29 is 17.9 Å². The maximum absolute atomic E-state index is 12.8. The monoisotopic (exact) mass is 418 g/mol. The summed E-state index contributed by atoms with van der Waals surface area (Å²) in [6.45, 7) is 9.41. The standard InChI is InChI=1S/C22H30N2O4S/c1-15-8-11-20(12-9-15)28-14-18(4)23-22(25)19(5)24(29(6,26)27)21-13-16(2)7-10-17(21)3/h7-13,18-19H,14H2,1-6H3,(H,23,25)/t18-,19+/m0/s1. The van der Waals surface area contributed by atoms with Crippen LogP contribution in [0.1, 0.15) is 30.5 Å². The van der Waals surface area contributed by atoms with Crippen LogP contribution in [0.3, 0.4) is 0 Å². The SMILES string of the molecule is Cc1ccc(OC[C@H](C)NC(=O)[C@@H](C)N(c2cc(C)ccc2C)S(C)(=O)=O)cc1. The summed E-state index contributed by atoms with van der Waals surface area (Å²) in [5.41, 5.74) is 3.36. The smallest absolute Gasteiger partial charge is 0.243 e. The first-order chi connectivity index (χ1) is 13.5. The Hall–Kier alpha value is -2.54. The van der Waals surface area contributed by atoms with Crippen molar-refractivity contribution in [3.63, 3.8) is 0 Å². The van der Waals surface area contributed by atoms with Crippen molar-refractivity contribution in [2.24, 2.45) is 0 Å².